The van der Waals surface area contributed by atoms with Crippen molar-refractivity contribution >= 4 is 0 Å². The van der Waals surface area contributed by atoms with E-state index in [2.05, 4.69) is 18.7 Å². The van der Waals surface area contributed by atoms with Gasteiger partial charge in [-0.2, -0.15) is 0 Å². The Hall–Kier alpha value is -0.0400. The number of piperidine rings is 1. The van der Waals surface area contributed by atoms with E-state index >= 15 is 0 Å². The normalized spacial score (nSPS) is 43.6. The maximum Gasteiger partial charge on any atom is 0.0101 e. The third-order valence-electron chi connectivity index (χ3n) is 3.73. The van der Waals surface area contributed by atoms with E-state index in [9.17, 15) is 0 Å². The first-order chi connectivity index (χ1) is 5.35. The summed E-state index contributed by atoms with van der Waals surface area (Å²) in [4.78, 5) is 2.66. The molecule has 3 atom stereocenters. The van der Waals surface area contributed by atoms with E-state index in [1.54, 1.807) is 0 Å². The van der Waals surface area contributed by atoms with Crippen LogP contribution in [0.2, 0.25) is 0 Å². The number of nitrogens with zero attached hydrogens (tertiary/aromatic N) is 1. The molecule has 0 amide bonds. The summed E-state index contributed by atoms with van der Waals surface area (Å²) in [5, 5.41) is 0. The van der Waals surface area contributed by atoms with E-state index in [1.807, 2.05) is 0 Å². The zero-order chi connectivity index (χ0) is 7.84. The van der Waals surface area contributed by atoms with Crippen LogP contribution >= 0.6 is 0 Å². The molecule has 2 fully saturated rings. The van der Waals surface area contributed by atoms with Crippen LogP contribution in [0, 0.1) is 11.8 Å². The molecule has 0 aromatic heterocycles. The zero-order valence-corrected chi connectivity index (χ0v) is 7.71. The smallest absolute Gasteiger partial charge is 0.0101 e. The van der Waals surface area contributed by atoms with Gasteiger partial charge < -0.3 is 4.90 Å². The van der Waals surface area contributed by atoms with Crippen molar-refractivity contribution in [3.05, 3.63) is 0 Å². The highest BCUT2D eigenvalue weighted by Gasteiger charge is 2.42. The molecular weight excluding hydrogens is 134 g/mol. The van der Waals surface area contributed by atoms with Crippen LogP contribution in [0.5, 0.6) is 0 Å². The topological polar surface area (TPSA) is 3.24 Å². The second-order valence-electron chi connectivity index (χ2n) is 4.14. The molecule has 1 aliphatic carbocycles. The van der Waals surface area contributed by atoms with Gasteiger partial charge in [0.2, 0.25) is 0 Å². The minimum atomic E-state index is 0.968. The van der Waals surface area contributed by atoms with Gasteiger partial charge in [-0.05, 0) is 31.2 Å². The number of fused-ring (bicyclic) bond motifs is 2. The molecule has 0 radical (unpaired) electrons. The van der Waals surface area contributed by atoms with Crippen molar-refractivity contribution in [3.8, 4) is 0 Å². The number of likely N-dealkylation sites (tertiary alicyclic amines) is 1. The van der Waals surface area contributed by atoms with Crippen LogP contribution in [-0.2, 0) is 0 Å². The van der Waals surface area contributed by atoms with Crippen molar-refractivity contribution in [1.29, 1.82) is 0 Å². The largest absolute Gasteiger partial charge is 0.300 e. The van der Waals surface area contributed by atoms with Crippen molar-refractivity contribution in [1.82, 2.24) is 4.90 Å². The molecule has 2 unspecified atom stereocenters. The van der Waals surface area contributed by atoms with Gasteiger partial charge >= 0.3 is 0 Å². The summed E-state index contributed by atoms with van der Waals surface area (Å²) >= 11 is 0. The highest BCUT2D eigenvalue weighted by Crippen LogP contribution is 2.43. The molecule has 0 N–H and O–H groups in total. The molecule has 0 aromatic rings. The van der Waals surface area contributed by atoms with E-state index < -0.39 is 0 Å². The monoisotopic (exact) mass is 153 g/mol. The lowest BCUT2D eigenvalue weighted by Gasteiger charge is -2.29. The Morgan fingerprint density at radius 3 is 2.55 bits per heavy atom. The predicted molar refractivity (Wildman–Crippen MR) is 47.5 cm³/mol. The molecule has 1 nitrogen and oxygen atoms in total. The van der Waals surface area contributed by atoms with Crippen LogP contribution in [0.1, 0.15) is 33.1 Å². The van der Waals surface area contributed by atoms with Gasteiger partial charge in [-0.3, -0.25) is 0 Å². The Labute approximate surface area is 69.8 Å². The van der Waals surface area contributed by atoms with Gasteiger partial charge in [-0.25, -0.2) is 0 Å². The third kappa shape index (κ3) is 1.10. The van der Waals surface area contributed by atoms with Gasteiger partial charge in [0.15, 0.2) is 0 Å². The van der Waals surface area contributed by atoms with Crippen LogP contribution in [0.25, 0.3) is 0 Å². The highest BCUT2D eigenvalue weighted by molar-refractivity contribution is 4.96. The zero-order valence-electron chi connectivity index (χ0n) is 7.71. The molecular formula is C10H19N. The van der Waals surface area contributed by atoms with Gasteiger partial charge in [0.25, 0.3) is 0 Å². The average molecular weight is 153 g/mol. The standard InChI is InChI=1S/C10H19N/c1-3-8-5-10-6-9(8)7-11(10)4-2/h8-10H,3-7H2,1-2H3/t8?,9?,10-/m0/s1. The molecule has 1 saturated carbocycles. The molecule has 1 heterocycles. The number of rotatable bonds is 2. The molecule has 0 spiro atoms. The Morgan fingerprint density at radius 1 is 1.27 bits per heavy atom. The number of hydrogen-bond acceptors (Lipinski definition) is 1. The van der Waals surface area contributed by atoms with Crippen molar-refractivity contribution in [2.75, 3.05) is 13.1 Å². The second kappa shape index (κ2) is 2.78. The summed E-state index contributed by atoms with van der Waals surface area (Å²) in [6.07, 6.45) is 4.42. The minimum Gasteiger partial charge on any atom is -0.300 e. The van der Waals surface area contributed by atoms with Gasteiger partial charge in [0, 0.05) is 12.6 Å². The summed E-state index contributed by atoms with van der Waals surface area (Å²) in [6.45, 7) is 7.32. The van der Waals surface area contributed by atoms with E-state index in [0.29, 0.717) is 0 Å². The SMILES string of the molecule is CCC1C[C@H]2CC1CN2CC. The van der Waals surface area contributed by atoms with Crippen LogP contribution in [-0.4, -0.2) is 24.0 Å². The van der Waals surface area contributed by atoms with E-state index in [1.165, 1.54) is 32.4 Å². The minimum absolute atomic E-state index is 0.968. The molecule has 2 rings (SSSR count). The van der Waals surface area contributed by atoms with Crippen LogP contribution in [0.3, 0.4) is 0 Å². The van der Waals surface area contributed by atoms with Crippen molar-refractivity contribution in [3.63, 3.8) is 0 Å². The first-order valence-corrected chi connectivity index (χ1v) is 5.09. The van der Waals surface area contributed by atoms with E-state index in [0.717, 1.165) is 17.9 Å². The molecule has 11 heavy (non-hydrogen) atoms. The average Bonchev–Trinajstić information content (AvgIpc) is 2.60. The maximum absolute atomic E-state index is 2.66. The number of hydrogen-bond donors (Lipinski definition) is 0. The van der Waals surface area contributed by atoms with Gasteiger partial charge in [-0.1, -0.05) is 20.3 Å². The van der Waals surface area contributed by atoms with Crippen molar-refractivity contribution < 1.29 is 0 Å². The van der Waals surface area contributed by atoms with Crippen LogP contribution in [0.4, 0.5) is 0 Å². The van der Waals surface area contributed by atoms with E-state index in [4.69, 9.17) is 0 Å². The fourth-order valence-corrected chi connectivity index (χ4v) is 3.04. The molecule has 64 valence electrons. The quantitative estimate of drug-likeness (QED) is 0.587. The highest BCUT2D eigenvalue weighted by atomic mass is 15.2. The van der Waals surface area contributed by atoms with Gasteiger partial charge in [0.05, 0.1) is 0 Å². The lowest BCUT2D eigenvalue weighted by atomic mass is 9.92. The summed E-state index contributed by atoms with van der Waals surface area (Å²) in [5.41, 5.74) is 0. The molecule has 1 saturated heterocycles. The van der Waals surface area contributed by atoms with Gasteiger partial charge in [-0.15, -0.1) is 0 Å². The summed E-state index contributed by atoms with van der Waals surface area (Å²) < 4.78 is 0. The molecule has 2 bridgehead atoms. The molecule has 1 heteroatoms. The second-order valence-corrected chi connectivity index (χ2v) is 4.14. The molecule has 2 aliphatic rings. The van der Waals surface area contributed by atoms with Crippen molar-refractivity contribution in [2.45, 2.75) is 39.2 Å². The van der Waals surface area contributed by atoms with Crippen LogP contribution < -0.4 is 0 Å². The Morgan fingerprint density at radius 2 is 2.09 bits per heavy atom. The fraction of sp³-hybridized carbons (Fsp3) is 1.00. The predicted octanol–water partition coefficient (Wildman–Crippen LogP) is 2.13. The fourth-order valence-electron chi connectivity index (χ4n) is 3.04. The maximum atomic E-state index is 2.66. The summed E-state index contributed by atoms with van der Waals surface area (Å²) in [7, 11) is 0. The lowest BCUT2D eigenvalue weighted by Crippen LogP contribution is -2.34. The van der Waals surface area contributed by atoms with Gasteiger partial charge in [0.1, 0.15) is 0 Å². The van der Waals surface area contributed by atoms with Crippen LogP contribution in [0.15, 0.2) is 0 Å². The first kappa shape index (κ1) is 7.60. The molecule has 1 aliphatic heterocycles. The lowest BCUT2D eigenvalue weighted by molar-refractivity contribution is 0.180. The Kier molecular flexibility index (Phi) is 1.92. The Balaban J connectivity index is 1.97. The van der Waals surface area contributed by atoms with E-state index in [-0.39, 0.29) is 0 Å². The van der Waals surface area contributed by atoms with Crippen molar-refractivity contribution in [2.24, 2.45) is 11.8 Å². The molecule has 0 aromatic carbocycles. The summed E-state index contributed by atoms with van der Waals surface area (Å²) in [5.74, 6) is 2.13. The third-order valence-corrected chi connectivity index (χ3v) is 3.73. The summed E-state index contributed by atoms with van der Waals surface area (Å²) in [6, 6.07) is 0.968. The first-order valence-electron chi connectivity index (χ1n) is 5.09. The Bertz CT molecular complexity index is 128.